The van der Waals surface area contributed by atoms with Gasteiger partial charge in [0.05, 0.1) is 52.9 Å². The molecular formula is C92H106O15. The third-order valence-electron chi connectivity index (χ3n) is 22.1. The van der Waals surface area contributed by atoms with Crippen LogP contribution in [0.4, 0.5) is 0 Å². The van der Waals surface area contributed by atoms with Crippen LogP contribution in [0, 0.1) is 5.92 Å². The van der Waals surface area contributed by atoms with Crippen molar-refractivity contribution in [3.63, 3.8) is 0 Å². The first kappa shape index (κ1) is 73.0. The molecule has 0 amide bonds. The maximum Gasteiger partial charge on any atom is 0.126 e. The molecule has 8 fully saturated rings. The predicted octanol–water partition coefficient (Wildman–Crippen LogP) is 15.8. The Hall–Kier alpha value is -8.12. The molecule has 0 spiro atoms. The molecule has 15 nitrogen and oxygen atoms in total. The van der Waals surface area contributed by atoms with E-state index in [-0.39, 0.29) is 64.4 Å². The van der Waals surface area contributed by atoms with Crippen LogP contribution in [0.15, 0.2) is 158 Å². The lowest BCUT2D eigenvalue weighted by Gasteiger charge is -2.31. The quantitative estimate of drug-likeness (QED) is 0.0332. The van der Waals surface area contributed by atoms with Gasteiger partial charge in [-0.05, 0) is 205 Å². The van der Waals surface area contributed by atoms with E-state index in [9.17, 15) is 0 Å². The number of hydrogen-bond donors (Lipinski definition) is 0. The summed E-state index contributed by atoms with van der Waals surface area (Å²) in [6, 6.07) is 57.8. The SMILES string of the molecule is CC(C)(Cc1ccc(OCC2CO2)cc1)c1ccc(OCC2CC2)c(Cc2cc(C(C)(C)Cc3ccc(OCC4CO4)cc3)cc(Cc3cc(C(C)(C)Cc4ccc(OCC5CO5)cc4)cc(Cc4cc(C(C)(C)Cc5ccc(OCC6CO6)cc5)ccc4OCC4CO4)c3OCC3CO3)c2OCC2CO2)c1. The molecule has 1 aliphatic carbocycles. The van der Waals surface area contributed by atoms with Crippen LogP contribution < -0.4 is 37.9 Å². The molecule has 0 aromatic heterocycles. The van der Waals surface area contributed by atoms with E-state index in [0.29, 0.717) is 97.9 Å². The molecule has 1 saturated carbocycles. The van der Waals surface area contributed by atoms with Crippen molar-refractivity contribution in [3.8, 4) is 46.0 Å². The average molecular weight is 1450 g/mol. The molecular weight excluding hydrogens is 1340 g/mol. The van der Waals surface area contributed by atoms with Crippen LogP contribution in [0.3, 0.4) is 0 Å². The molecule has 0 radical (unpaired) electrons. The smallest absolute Gasteiger partial charge is 0.126 e. The van der Waals surface area contributed by atoms with Crippen molar-refractivity contribution in [2.24, 2.45) is 5.92 Å². The van der Waals surface area contributed by atoms with Gasteiger partial charge in [0.2, 0.25) is 0 Å². The largest absolute Gasteiger partial charge is 0.493 e. The molecule has 0 bridgehead atoms. The number of benzene rings is 8. The number of rotatable bonds is 42. The second kappa shape index (κ2) is 31.5. The van der Waals surface area contributed by atoms with E-state index in [1.807, 2.05) is 0 Å². The van der Waals surface area contributed by atoms with Crippen LogP contribution in [0.1, 0.15) is 146 Å². The molecule has 8 aromatic carbocycles. The Labute approximate surface area is 632 Å². The average Bonchev–Trinajstić information content (AvgIpc) is 1.18. The molecule has 7 saturated heterocycles. The van der Waals surface area contributed by atoms with Crippen LogP contribution in [-0.2, 0) is 99.8 Å². The van der Waals surface area contributed by atoms with E-state index < -0.39 is 0 Å². The minimum atomic E-state index is -0.382. The summed E-state index contributed by atoms with van der Waals surface area (Å²) in [6.07, 6.45) is 7.88. The topological polar surface area (TPSA) is 162 Å². The lowest BCUT2D eigenvalue weighted by Crippen LogP contribution is -2.23. The highest BCUT2D eigenvalue weighted by molar-refractivity contribution is 5.58. The van der Waals surface area contributed by atoms with Crippen molar-refractivity contribution in [2.45, 2.75) is 178 Å². The summed E-state index contributed by atoms with van der Waals surface area (Å²) in [7, 11) is 0. The Morgan fingerprint density at radius 1 is 0.262 bits per heavy atom. The van der Waals surface area contributed by atoms with Gasteiger partial charge >= 0.3 is 0 Å². The molecule has 564 valence electrons. The highest BCUT2D eigenvalue weighted by atomic mass is 16.6. The highest BCUT2D eigenvalue weighted by Crippen LogP contribution is 2.45. The Morgan fingerprint density at radius 2 is 0.495 bits per heavy atom. The first-order chi connectivity index (χ1) is 51.8. The zero-order valence-corrected chi connectivity index (χ0v) is 63.7. The maximum absolute atomic E-state index is 7.40. The van der Waals surface area contributed by atoms with Gasteiger partial charge in [-0.15, -0.1) is 0 Å². The minimum absolute atomic E-state index is 0.0118. The fraction of sp³-hybridized carbons (Fsp3) is 0.478. The van der Waals surface area contributed by atoms with Crippen molar-refractivity contribution in [1.29, 1.82) is 0 Å². The van der Waals surface area contributed by atoms with E-state index in [0.717, 1.165) is 131 Å². The fourth-order valence-electron chi connectivity index (χ4n) is 14.6. The normalized spacial score (nSPS) is 21.1. The van der Waals surface area contributed by atoms with E-state index in [4.69, 9.17) is 71.1 Å². The van der Waals surface area contributed by atoms with Crippen LogP contribution >= 0.6 is 0 Å². The fourth-order valence-corrected chi connectivity index (χ4v) is 14.6. The third-order valence-corrected chi connectivity index (χ3v) is 22.1. The molecule has 7 aliphatic heterocycles. The lowest BCUT2D eigenvalue weighted by molar-refractivity contribution is 0.256. The van der Waals surface area contributed by atoms with Crippen LogP contribution in [0.2, 0.25) is 0 Å². The highest BCUT2D eigenvalue weighted by Gasteiger charge is 2.36. The van der Waals surface area contributed by atoms with Gasteiger partial charge in [-0.25, -0.2) is 0 Å². The van der Waals surface area contributed by atoms with Gasteiger partial charge in [-0.1, -0.05) is 152 Å². The Balaban J connectivity index is 0.810. The van der Waals surface area contributed by atoms with Gasteiger partial charge in [0.1, 0.15) is 135 Å². The van der Waals surface area contributed by atoms with E-state index in [1.165, 1.54) is 57.3 Å². The van der Waals surface area contributed by atoms with Crippen molar-refractivity contribution in [2.75, 3.05) is 99.1 Å². The molecule has 8 aromatic rings. The summed E-state index contributed by atoms with van der Waals surface area (Å²) < 4.78 is 92.7. The summed E-state index contributed by atoms with van der Waals surface area (Å²) in [5.41, 5.74) is 15.0. The molecule has 7 atom stereocenters. The Kier molecular flexibility index (Phi) is 21.5. The Morgan fingerprint density at radius 3 is 0.766 bits per heavy atom. The van der Waals surface area contributed by atoms with E-state index >= 15 is 0 Å². The van der Waals surface area contributed by atoms with Crippen LogP contribution in [0.5, 0.6) is 46.0 Å². The van der Waals surface area contributed by atoms with Gasteiger partial charge in [0, 0.05) is 19.3 Å². The van der Waals surface area contributed by atoms with E-state index in [2.05, 4.69) is 213 Å². The molecule has 0 N–H and O–H groups in total. The number of ether oxygens (including phenoxy) is 15. The van der Waals surface area contributed by atoms with Crippen LogP contribution in [-0.4, -0.2) is 142 Å². The molecule has 107 heavy (non-hydrogen) atoms. The predicted molar refractivity (Wildman–Crippen MR) is 412 cm³/mol. The van der Waals surface area contributed by atoms with Gasteiger partial charge in [-0.3, -0.25) is 0 Å². The number of hydrogen-bond acceptors (Lipinski definition) is 15. The van der Waals surface area contributed by atoms with Crippen LogP contribution in [0.25, 0.3) is 0 Å². The van der Waals surface area contributed by atoms with Gasteiger partial charge in [0.15, 0.2) is 0 Å². The van der Waals surface area contributed by atoms with Crippen molar-refractivity contribution in [3.05, 3.63) is 236 Å². The Bertz CT molecular complexity index is 4060. The summed E-state index contributed by atoms with van der Waals surface area (Å²) in [5.74, 6) is 7.39. The standard InChI is InChI=1S/C92H106O15/c1-89(2,40-59-11-21-74(22-12-59)93-45-78-49-97-78)70-19-29-85(104-44-63-9-10-63)64(34-70)31-66-36-72(91(5,6)42-61-15-25-76(26-16-61)95-47-80-51-99-80)38-68(87(66)106-57-83-54-102-83)33-69-39-73(92(7,8)43-62-17-27-77(28-18-62)96-48-81-52-100-81)37-67(88(69)107-58-84-55-103-84)32-65-35-71(20-30-86(65)105-56-82-53-101-82)90(3,4)41-60-13-23-75(24-14-60)94-46-79-50-98-79/h11-30,34-39,63,78-84H,9-10,31-33,40-58H2,1-8H3. The van der Waals surface area contributed by atoms with Gasteiger partial charge < -0.3 is 71.1 Å². The first-order valence-corrected chi connectivity index (χ1v) is 39.1. The molecule has 7 unspecified atom stereocenters. The molecule has 16 rings (SSSR count). The van der Waals surface area contributed by atoms with E-state index in [1.54, 1.807) is 0 Å². The molecule has 15 heteroatoms. The molecule has 7 heterocycles. The minimum Gasteiger partial charge on any atom is -0.493 e. The summed E-state index contributed by atoms with van der Waals surface area (Å²) >= 11 is 0. The van der Waals surface area contributed by atoms with Gasteiger partial charge in [-0.2, -0.15) is 0 Å². The van der Waals surface area contributed by atoms with Crippen molar-refractivity contribution in [1.82, 2.24) is 0 Å². The maximum atomic E-state index is 7.40. The second-order valence-corrected chi connectivity index (χ2v) is 33.9. The van der Waals surface area contributed by atoms with Gasteiger partial charge in [0.25, 0.3) is 0 Å². The van der Waals surface area contributed by atoms with Crippen molar-refractivity contribution < 1.29 is 71.1 Å². The number of epoxide rings is 7. The zero-order chi connectivity index (χ0) is 73.3. The van der Waals surface area contributed by atoms with Crippen molar-refractivity contribution >= 4 is 0 Å². The monoisotopic (exact) mass is 1450 g/mol. The third kappa shape index (κ3) is 20.4. The lowest BCUT2D eigenvalue weighted by atomic mass is 9.75. The summed E-state index contributed by atoms with van der Waals surface area (Å²) in [4.78, 5) is 0. The summed E-state index contributed by atoms with van der Waals surface area (Å²) in [5, 5.41) is 0. The first-order valence-electron chi connectivity index (χ1n) is 39.1. The summed E-state index contributed by atoms with van der Waals surface area (Å²) in [6.45, 7) is 28.1. The second-order valence-electron chi connectivity index (χ2n) is 33.9. The zero-order valence-electron chi connectivity index (χ0n) is 63.7. The molecule has 8 aliphatic rings.